The molecule has 0 bridgehead atoms. The van der Waals surface area contributed by atoms with Crippen molar-refractivity contribution in [1.29, 1.82) is 0 Å². The molecule has 3 rings (SSSR count). The van der Waals surface area contributed by atoms with Gasteiger partial charge >= 0.3 is 0 Å². The van der Waals surface area contributed by atoms with Crippen LogP contribution in [0.5, 0.6) is 0 Å². The fourth-order valence-electron chi connectivity index (χ4n) is 2.68. The molecule has 0 heterocycles. The normalized spacial score (nSPS) is 10.3. The Bertz CT molecular complexity index is 844. The standard InChI is InChI=1S/C22H19NO/c1-2-3-16-4-6-17(7-5-16)18-8-10-19(11-9-18)20-12-14-21(15-13-20)22(23)24/h2,4-15H,1,3H2,(H2,23,24). The highest BCUT2D eigenvalue weighted by Gasteiger charge is 2.03. The van der Waals surface area contributed by atoms with Crippen molar-refractivity contribution >= 4 is 5.91 Å². The highest BCUT2D eigenvalue weighted by molar-refractivity contribution is 5.93. The maximum atomic E-state index is 11.1. The molecule has 0 aliphatic carbocycles. The minimum absolute atomic E-state index is 0.406. The molecule has 0 saturated heterocycles. The smallest absolute Gasteiger partial charge is 0.248 e. The van der Waals surface area contributed by atoms with Gasteiger partial charge in [0.05, 0.1) is 0 Å². The molecule has 0 aromatic heterocycles. The van der Waals surface area contributed by atoms with Gasteiger partial charge in [0.25, 0.3) is 0 Å². The molecule has 24 heavy (non-hydrogen) atoms. The zero-order valence-electron chi connectivity index (χ0n) is 13.4. The third kappa shape index (κ3) is 3.44. The molecule has 0 saturated carbocycles. The summed E-state index contributed by atoms with van der Waals surface area (Å²) in [6.45, 7) is 3.76. The average Bonchev–Trinajstić information content (AvgIpc) is 2.63. The summed E-state index contributed by atoms with van der Waals surface area (Å²) in [4.78, 5) is 11.1. The van der Waals surface area contributed by atoms with E-state index in [0.29, 0.717) is 5.56 Å². The lowest BCUT2D eigenvalue weighted by Crippen LogP contribution is -2.10. The van der Waals surface area contributed by atoms with Crippen molar-refractivity contribution in [3.05, 3.63) is 96.6 Å². The van der Waals surface area contributed by atoms with Crippen LogP contribution in [0.3, 0.4) is 0 Å². The summed E-state index contributed by atoms with van der Waals surface area (Å²) in [6.07, 6.45) is 2.80. The van der Waals surface area contributed by atoms with Gasteiger partial charge in [-0.15, -0.1) is 6.58 Å². The molecule has 0 aliphatic rings. The van der Waals surface area contributed by atoms with E-state index in [1.165, 1.54) is 16.7 Å². The van der Waals surface area contributed by atoms with Gasteiger partial charge in [-0.2, -0.15) is 0 Å². The Labute approximate surface area is 142 Å². The van der Waals surface area contributed by atoms with E-state index in [9.17, 15) is 4.79 Å². The van der Waals surface area contributed by atoms with Gasteiger partial charge in [-0.3, -0.25) is 4.79 Å². The Hall–Kier alpha value is -3.13. The number of amides is 1. The van der Waals surface area contributed by atoms with Gasteiger partial charge in [0.1, 0.15) is 0 Å². The van der Waals surface area contributed by atoms with Gasteiger partial charge in [-0.1, -0.05) is 66.7 Å². The zero-order chi connectivity index (χ0) is 16.9. The molecule has 0 fully saturated rings. The number of primary amides is 1. The van der Waals surface area contributed by atoms with Crippen LogP contribution in [-0.2, 0) is 6.42 Å². The van der Waals surface area contributed by atoms with E-state index in [4.69, 9.17) is 5.73 Å². The lowest BCUT2D eigenvalue weighted by Gasteiger charge is -2.06. The van der Waals surface area contributed by atoms with Crippen molar-refractivity contribution in [3.8, 4) is 22.3 Å². The van der Waals surface area contributed by atoms with E-state index >= 15 is 0 Å². The summed E-state index contributed by atoms with van der Waals surface area (Å²) in [5, 5.41) is 0. The fraction of sp³-hybridized carbons (Fsp3) is 0.0455. The van der Waals surface area contributed by atoms with Gasteiger partial charge in [0.2, 0.25) is 5.91 Å². The first-order valence-corrected chi connectivity index (χ1v) is 7.88. The monoisotopic (exact) mass is 313 g/mol. The molecule has 1 amide bonds. The highest BCUT2D eigenvalue weighted by Crippen LogP contribution is 2.25. The molecule has 2 nitrogen and oxygen atoms in total. The number of hydrogen-bond donors (Lipinski definition) is 1. The first kappa shape index (κ1) is 15.8. The first-order chi connectivity index (χ1) is 11.7. The Morgan fingerprint density at radius 1 is 0.750 bits per heavy atom. The summed E-state index contributed by atoms with van der Waals surface area (Å²) < 4.78 is 0. The molecular weight excluding hydrogens is 294 g/mol. The van der Waals surface area contributed by atoms with Crippen molar-refractivity contribution < 1.29 is 4.79 Å². The topological polar surface area (TPSA) is 43.1 Å². The maximum absolute atomic E-state index is 11.1. The van der Waals surface area contributed by atoms with Crippen LogP contribution < -0.4 is 5.73 Å². The Kier molecular flexibility index (Phi) is 4.57. The zero-order valence-corrected chi connectivity index (χ0v) is 13.4. The van der Waals surface area contributed by atoms with E-state index < -0.39 is 5.91 Å². The van der Waals surface area contributed by atoms with E-state index in [0.717, 1.165) is 17.5 Å². The third-order valence-electron chi connectivity index (χ3n) is 4.05. The van der Waals surface area contributed by atoms with E-state index in [-0.39, 0.29) is 0 Å². The molecule has 0 atom stereocenters. The summed E-state index contributed by atoms with van der Waals surface area (Å²) in [6, 6.07) is 24.3. The van der Waals surface area contributed by atoms with Crippen molar-refractivity contribution in [2.45, 2.75) is 6.42 Å². The molecule has 0 aliphatic heterocycles. The number of carbonyl (C=O) groups excluding carboxylic acids is 1. The van der Waals surface area contributed by atoms with Crippen molar-refractivity contribution in [2.75, 3.05) is 0 Å². The molecule has 0 radical (unpaired) electrons. The predicted octanol–water partition coefficient (Wildman–Crippen LogP) is 4.85. The SMILES string of the molecule is C=CCc1ccc(-c2ccc(-c3ccc(C(N)=O)cc3)cc2)cc1. The molecule has 3 aromatic rings. The van der Waals surface area contributed by atoms with E-state index in [2.05, 4.69) is 55.1 Å². The van der Waals surface area contributed by atoms with Crippen molar-refractivity contribution in [2.24, 2.45) is 5.73 Å². The molecular formula is C22H19NO. The molecule has 3 aromatic carbocycles. The van der Waals surface area contributed by atoms with Gasteiger partial charge < -0.3 is 5.73 Å². The van der Waals surface area contributed by atoms with Gasteiger partial charge in [-0.05, 0) is 46.4 Å². The van der Waals surface area contributed by atoms with E-state index in [1.54, 1.807) is 12.1 Å². The average molecular weight is 313 g/mol. The number of benzene rings is 3. The molecule has 118 valence electrons. The third-order valence-corrected chi connectivity index (χ3v) is 4.05. The van der Waals surface area contributed by atoms with Gasteiger partial charge in [0, 0.05) is 5.56 Å². The van der Waals surface area contributed by atoms with Crippen LogP contribution in [0.25, 0.3) is 22.3 Å². The largest absolute Gasteiger partial charge is 0.366 e. The Morgan fingerprint density at radius 2 is 1.12 bits per heavy atom. The number of carbonyl (C=O) groups is 1. The Morgan fingerprint density at radius 3 is 1.50 bits per heavy atom. The minimum Gasteiger partial charge on any atom is -0.366 e. The molecule has 0 spiro atoms. The van der Waals surface area contributed by atoms with Crippen LogP contribution in [0.4, 0.5) is 0 Å². The summed E-state index contributed by atoms with van der Waals surface area (Å²) in [7, 11) is 0. The number of nitrogens with two attached hydrogens (primary N) is 1. The van der Waals surface area contributed by atoms with Crippen LogP contribution >= 0.6 is 0 Å². The van der Waals surface area contributed by atoms with Crippen LogP contribution in [0.1, 0.15) is 15.9 Å². The van der Waals surface area contributed by atoms with Gasteiger partial charge in [0.15, 0.2) is 0 Å². The molecule has 0 unspecified atom stereocenters. The van der Waals surface area contributed by atoms with Crippen LogP contribution in [0.15, 0.2) is 85.5 Å². The number of rotatable bonds is 5. The van der Waals surface area contributed by atoms with Crippen LogP contribution in [0.2, 0.25) is 0 Å². The fourth-order valence-corrected chi connectivity index (χ4v) is 2.68. The van der Waals surface area contributed by atoms with Crippen LogP contribution in [0, 0.1) is 0 Å². The van der Waals surface area contributed by atoms with Gasteiger partial charge in [-0.25, -0.2) is 0 Å². The van der Waals surface area contributed by atoms with Crippen LogP contribution in [-0.4, -0.2) is 5.91 Å². The lowest BCUT2D eigenvalue weighted by molar-refractivity contribution is 0.100. The number of allylic oxidation sites excluding steroid dienone is 1. The second-order valence-electron chi connectivity index (χ2n) is 5.71. The maximum Gasteiger partial charge on any atom is 0.248 e. The highest BCUT2D eigenvalue weighted by atomic mass is 16.1. The lowest BCUT2D eigenvalue weighted by atomic mass is 9.98. The molecule has 2 heteroatoms. The second-order valence-corrected chi connectivity index (χ2v) is 5.71. The quantitative estimate of drug-likeness (QED) is 0.672. The van der Waals surface area contributed by atoms with Crippen molar-refractivity contribution in [3.63, 3.8) is 0 Å². The first-order valence-electron chi connectivity index (χ1n) is 7.88. The summed E-state index contributed by atoms with van der Waals surface area (Å²) in [5.74, 6) is -0.406. The van der Waals surface area contributed by atoms with E-state index in [1.807, 2.05) is 18.2 Å². The Balaban J connectivity index is 1.82. The summed E-state index contributed by atoms with van der Waals surface area (Å²) in [5.41, 5.74) is 11.6. The summed E-state index contributed by atoms with van der Waals surface area (Å²) >= 11 is 0. The number of hydrogen-bond acceptors (Lipinski definition) is 1. The molecule has 2 N–H and O–H groups in total. The second kappa shape index (κ2) is 6.97. The predicted molar refractivity (Wildman–Crippen MR) is 99.7 cm³/mol. The minimum atomic E-state index is -0.406. The van der Waals surface area contributed by atoms with Crippen molar-refractivity contribution in [1.82, 2.24) is 0 Å².